The lowest BCUT2D eigenvalue weighted by Crippen LogP contribution is -2.31. The molecule has 0 aliphatic rings. The number of fused-ring (bicyclic) bond motifs is 1. The zero-order chi connectivity index (χ0) is 15.5. The first-order valence-corrected chi connectivity index (χ1v) is 7.87. The van der Waals surface area contributed by atoms with Gasteiger partial charge in [-0.1, -0.05) is 47.1 Å². The lowest BCUT2D eigenvalue weighted by Gasteiger charge is -2.18. The van der Waals surface area contributed by atoms with Gasteiger partial charge in [-0.25, -0.2) is 0 Å². The highest BCUT2D eigenvalue weighted by Crippen LogP contribution is 2.32. The molecule has 0 spiro atoms. The molecule has 0 atom stereocenters. The van der Waals surface area contributed by atoms with Crippen molar-refractivity contribution < 1.29 is 9.53 Å². The maximum absolute atomic E-state index is 12.1. The molecule has 2 aromatic carbocycles. The van der Waals surface area contributed by atoms with Gasteiger partial charge in [0.1, 0.15) is 5.75 Å². The van der Waals surface area contributed by atoms with E-state index in [1.54, 1.807) is 0 Å². The monoisotopic (exact) mass is 349 g/mol. The minimum absolute atomic E-state index is 0.0742. The fraction of sp³-hybridized carbons (Fsp3) is 0.353. The molecule has 0 bridgehead atoms. The topological polar surface area (TPSA) is 38.3 Å². The van der Waals surface area contributed by atoms with E-state index in [4.69, 9.17) is 4.74 Å². The van der Waals surface area contributed by atoms with Crippen molar-refractivity contribution in [2.75, 3.05) is 11.9 Å². The first-order chi connectivity index (χ1) is 9.93. The Morgan fingerprint density at radius 2 is 1.86 bits per heavy atom. The molecular weight excluding hydrogens is 330 g/mol. The van der Waals surface area contributed by atoms with Gasteiger partial charge in [-0.2, -0.15) is 0 Å². The zero-order valence-corrected chi connectivity index (χ0v) is 14.2. The minimum atomic E-state index is -0.606. The van der Waals surface area contributed by atoms with Crippen LogP contribution in [0.25, 0.3) is 10.8 Å². The smallest absolute Gasteiger partial charge is 0.240 e. The molecule has 0 fully saturated rings. The van der Waals surface area contributed by atoms with Crippen LogP contribution in [0.2, 0.25) is 0 Å². The van der Waals surface area contributed by atoms with E-state index >= 15 is 0 Å². The van der Waals surface area contributed by atoms with Crippen LogP contribution < -0.4 is 10.1 Å². The number of hydrogen-bond acceptors (Lipinski definition) is 2. The summed E-state index contributed by atoms with van der Waals surface area (Å²) in [5, 5.41) is 4.96. The van der Waals surface area contributed by atoms with Gasteiger partial charge in [-0.05, 0) is 32.4 Å². The second kappa shape index (κ2) is 6.48. The van der Waals surface area contributed by atoms with Gasteiger partial charge in [-0.3, -0.25) is 4.79 Å². The van der Waals surface area contributed by atoms with Crippen molar-refractivity contribution in [1.82, 2.24) is 0 Å². The number of anilines is 1. The van der Waals surface area contributed by atoms with E-state index in [1.807, 2.05) is 50.2 Å². The summed E-state index contributed by atoms with van der Waals surface area (Å²) in [4.78, 5) is 12.1. The number of alkyl halides is 1. The van der Waals surface area contributed by atoms with Gasteiger partial charge in [-0.15, -0.1) is 0 Å². The number of ether oxygens (including phenoxy) is 1. The van der Waals surface area contributed by atoms with Crippen molar-refractivity contribution in [1.29, 1.82) is 0 Å². The van der Waals surface area contributed by atoms with E-state index in [0.29, 0.717) is 6.61 Å². The molecule has 1 amide bonds. The highest BCUT2D eigenvalue weighted by Gasteiger charge is 2.24. The summed E-state index contributed by atoms with van der Waals surface area (Å²) in [5.41, 5.74) is 0.798. The van der Waals surface area contributed by atoms with E-state index < -0.39 is 4.32 Å². The van der Waals surface area contributed by atoms with Gasteiger partial charge in [0.2, 0.25) is 5.91 Å². The van der Waals surface area contributed by atoms with Crippen molar-refractivity contribution in [2.45, 2.75) is 31.5 Å². The third-order valence-corrected chi connectivity index (χ3v) is 3.49. The highest BCUT2D eigenvalue weighted by atomic mass is 79.9. The standard InChI is InChI=1S/C17H20BrNO2/c1-4-11-21-15-10-9-14(19-16(20)17(2,3)18)12-7-5-6-8-13(12)15/h5-10H,4,11H2,1-3H3,(H,19,20). The molecule has 0 saturated heterocycles. The number of rotatable bonds is 5. The van der Waals surface area contributed by atoms with Crippen LogP contribution in [0.15, 0.2) is 36.4 Å². The second-order valence-corrected chi connectivity index (χ2v) is 7.41. The van der Waals surface area contributed by atoms with Crippen molar-refractivity contribution >= 4 is 38.3 Å². The van der Waals surface area contributed by atoms with Crippen molar-refractivity contribution in [3.05, 3.63) is 36.4 Å². The number of amides is 1. The van der Waals surface area contributed by atoms with Crippen molar-refractivity contribution in [3.63, 3.8) is 0 Å². The molecule has 0 radical (unpaired) electrons. The van der Waals surface area contributed by atoms with E-state index in [9.17, 15) is 4.79 Å². The zero-order valence-electron chi connectivity index (χ0n) is 12.6. The van der Waals surface area contributed by atoms with Gasteiger partial charge in [0.25, 0.3) is 0 Å². The van der Waals surface area contributed by atoms with Gasteiger partial charge in [0.05, 0.1) is 10.9 Å². The number of halogens is 1. The maximum atomic E-state index is 12.1. The van der Waals surface area contributed by atoms with Crippen LogP contribution in [0.5, 0.6) is 5.75 Å². The number of carbonyl (C=O) groups is 1. The third kappa shape index (κ3) is 3.76. The molecule has 112 valence electrons. The Kier molecular flexibility index (Phi) is 4.88. The van der Waals surface area contributed by atoms with Gasteiger partial charge in [0, 0.05) is 16.5 Å². The molecule has 0 aliphatic heterocycles. The average molecular weight is 350 g/mol. The molecule has 0 aliphatic carbocycles. The molecular formula is C17H20BrNO2. The Hall–Kier alpha value is -1.55. The quantitative estimate of drug-likeness (QED) is 0.791. The average Bonchev–Trinajstić information content (AvgIpc) is 2.45. The van der Waals surface area contributed by atoms with Crippen LogP contribution in [0, 0.1) is 0 Å². The first-order valence-electron chi connectivity index (χ1n) is 7.08. The number of benzene rings is 2. The fourth-order valence-corrected chi connectivity index (χ4v) is 2.09. The molecule has 1 N–H and O–H groups in total. The van der Waals surface area contributed by atoms with Crippen LogP contribution in [-0.2, 0) is 4.79 Å². The lowest BCUT2D eigenvalue weighted by atomic mass is 10.1. The Labute approximate surface area is 133 Å². The van der Waals surface area contributed by atoms with Crippen molar-refractivity contribution in [3.8, 4) is 5.75 Å². The van der Waals surface area contributed by atoms with Crippen LogP contribution in [0.4, 0.5) is 5.69 Å². The molecule has 21 heavy (non-hydrogen) atoms. The Balaban J connectivity index is 2.40. The SMILES string of the molecule is CCCOc1ccc(NC(=O)C(C)(C)Br)c2ccccc12. The molecule has 0 heterocycles. The Bertz CT molecular complexity index is 647. The molecule has 0 unspecified atom stereocenters. The van der Waals surface area contributed by atoms with E-state index in [1.165, 1.54) is 0 Å². The third-order valence-electron chi connectivity index (χ3n) is 3.13. The highest BCUT2D eigenvalue weighted by molar-refractivity contribution is 9.10. The summed E-state index contributed by atoms with van der Waals surface area (Å²) >= 11 is 3.38. The number of hydrogen-bond donors (Lipinski definition) is 1. The van der Waals surface area contributed by atoms with Crippen LogP contribution in [0.3, 0.4) is 0 Å². The van der Waals surface area contributed by atoms with Gasteiger partial charge >= 0.3 is 0 Å². The Morgan fingerprint density at radius 3 is 2.48 bits per heavy atom. The molecule has 2 rings (SSSR count). The first kappa shape index (κ1) is 15.8. The predicted molar refractivity (Wildman–Crippen MR) is 91.4 cm³/mol. The molecule has 0 aromatic heterocycles. The van der Waals surface area contributed by atoms with Crippen LogP contribution in [-0.4, -0.2) is 16.8 Å². The van der Waals surface area contributed by atoms with Gasteiger partial charge in [0.15, 0.2) is 0 Å². The normalized spacial score (nSPS) is 11.4. The molecule has 4 heteroatoms. The maximum Gasteiger partial charge on any atom is 0.240 e. The second-order valence-electron chi connectivity index (χ2n) is 5.43. The summed E-state index contributed by atoms with van der Waals surface area (Å²) in [5.74, 6) is 0.776. The summed E-state index contributed by atoms with van der Waals surface area (Å²) in [6.45, 7) is 6.41. The molecule has 0 saturated carbocycles. The van der Waals surface area contributed by atoms with E-state index in [0.717, 1.165) is 28.6 Å². The summed E-state index contributed by atoms with van der Waals surface area (Å²) < 4.78 is 5.17. The molecule has 3 nitrogen and oxygen atoms in total. The summed E-state index contributed by atoms with van der Waals surface area (Å²) in [6.07, 6.45) is 0.963. The molecule has 2 aromatic rings. The Morgan fingerprint density at radius 1 is 1.19 bits per heavy atom. The van der Waals surface area contributed by atoms with Crippen LogP contribution >= 0.6 is 15.9 Å². The summed E-state index contributed by atoms with van der Waals surface area (Å²) in [7, 11) is 0. The van der Waals surface area contributed by atoms with Crippen molar-refractivity contribution in [2.24, 2.45) is 0 Å². The number of nitrogens with one attached hydrogen (secondary N) is 1. The van der Waals surface area contributed by atoms with E-state index in [2.05, 4.69) is 28.2 Å². The predicted octanol–water partition coefficient (Wildman–Crippen LogP) is 4.74. The largest absolute Gasteiger partial charge is 0.493 e. The fourth-order valence-electron chi connectivity index (χ4n) is 1.99. The summed E-state index contributed by atoms with van der Waals surface area (Å²) in [6, 6.07) is 11.7. The minimum Gasteiger partial charge on any atom is -0.493 e. The number of carbonyl (C=O) groups excluding carboxylic acids is 1. The van der Waals surface area contributed by atoms with Gasteiger partial charge < -0.3 is 10.1 Å². The van der Waals surface area contributed by atoms with Crippen LogP contribution in [0.1, 0.15) is 27.2 Å². The lowest BCUT2D eigenvalue weighted by molar-refractivity contribution is -0.117. The van der Waals surface area contributed by atoms with E-state index in [-0.39, 0.29) is 5.91 Å².